The van der Waals surface area contributed by atoms with Crippen molar-refractivity contribution in [3.05, 3.63) is 95.6 Å². The highest BCUT2D eigenvalue weighted by molar-refractivity contribution is 5.74. The molecule has 0 aliphatic carbocycles. The van der Waals surface area contributed by atoms with E-state index in [4.69, 9.17) is 9.47 Å². The maximum absolute atomic E-state index is 10.6. The van der Waals surface area contributed by atoms with Gasteiger partial charge in [0, 0.05) is 12.0 Å². The van der Waals surface area contributed by atoms with E-state index in [1.807, 2.05) is 54.6 Å². The second-order valence-corrected chi connectivity index (χ2v) is 5.70. The quantitative estimate of drug-likeness (QED) is 0.561. The lowest BCUT2D eigenvalue weighted by Gasteiger charge is -2.08. The van der Waals surface area contributed by atoms with E-state index in [2.05, 4.69) is 12.1 Å². The van der Waals surface area contributed by atoms with Gasteiger partial charge in [-0.25, -0.2) is 0 Å². The summed E-state index contributed by atoms with van der Waals surface area (Å²) in [6, 6.07) is 25.3. The van der Waals surface area contributed by atoms with Gasteiger partial charge in [-0.1, -0.05) is 42.5 Å². The van der Waals surface area contributed by atoms with Gasteiger partial charge in [-0.05, 0) is 47.5 Å². The largest absolute Gasteiger partial charge is 0.493 e. The van der Waals surface area contributed by atoms with Crippen LogP contribution in [0.5, 0.6) is 11.5 Å². The highest BCUT2D eigenvalue weighted by Gasteiger charge is 1.99. The molecule has 3 nitrogen and oxygen atoms in total. The van der Waals surface area contributed by atoms with Crippen molar-refractivity contribution in [2.75, 3.05) is 6.61 Å². The van der Waals surface area contributed by atoms with Crippen LogP contribution in [0.25, 0.3) is 0 Å². The summed E-state index contributed by atoms with van der Waals surface area (Å²) >= 11 is 0. The summed E-state index contributed by atoms with van der Waals surface area (Å²) in [5.41, 5.74) is 3.00. The van der Waals surface area contributed by atoms with E-state index in [1.165, 1.54) is 5.56 Å². The Hall–Kier alpha value is -3.07. The fourth-order valence-corrected chi connectivity index (χ4v) is 2.42. The molecule has 0 saturated heterocycles. The first-order valence-electron chi connectivity index (χ1n) is 8.27. The van der Waals surface area contributed by atoms with E-state index in [0.717, 1.165) is 29.8 Å². The molecule has 0 amide bonds. The van der Waals surface area contributed by atoms with Gasteiger partial charge in [0.2, 0.25) is 0 Å². The molecule has 0 saturated carbocycles. The third-order valence-electron chi connectivity index (χ3n) is 3.85. The van der Waals surface area contributed by atoms with Crippen LogP contribution in [0.4, 0.5) is 0 Å². The lowest BCUT2D eigenvalue weighted by Crippen LogP contribution is -2.01. The van der Waals surface area contributed by atoms with Gasteiger partial charge in [-0.3, -0.25) is 4.79 Å². The molecular formula is C22H20O3. The molecule has 0 aromatic heterocycles. The summed E-state index contributed by atoms with van der Waals surface area (Å²) in [7, 11) is 0. The van der Waals surface area contributed by atoms with Crippen LogP contribution in [0.15, 0.2) is 78.9 Å². The van der Waals surface area contributed by atoms with Crippen molar-refractivity contribution in [1.82, 2.24) is 0 Å². The molecule has 0 aliphatic heterocycles. The van der Waals surface area contributed by atoms with Gasteiger partial charge in [-0.15, -0.1) is 0 Å². The maximum atomic E-state index is 10.6. The molecule has 0 fully saturated rings. The average Bonchev–Trinajstić information content (AvgIpc) is 2.69. The number of carbonyl (C=O) groups is 1. The van der Waals surface area contributed by atoms with E-state index in [9.17, 15) is 4.79 Å². The Labute approximate surface area is 147 Å². The van der Waals surface area contributed by atoms with Gasteiger partial charge >= 0.3 is 0 Å². The van der Waals surface area contributed by atoms with E-state index < -0.39 is 0 Å². The molecule has 0 aliphatic rings. The van der Waals surface area contributed by atoms with E-state index in [-0.39, 0.29) is 0 Å². The third kappa shape index (κ3) is 5.21. The second kappa shape index (κ2) is 8.69. The molecule has 0 radical (unpaired) electrons. The summed E-state index contributed by atoms with van der Waals surface area (Å²) < 4.78 is 11.5. The Morgan fingerprint density at radius 2 is 1.32 bits per heavy atom. The first kappa shape index (κ1) is 16.8. The zero-order valence-corrected chi connectivity index (χ0v) is 13.9. The van der Waals surface area contributed by atoms with Crippen LogP contribution in [0.2, 0.25) is 0 Å². The molecule has 0 N–H and O–H groups in total. The molecule has 0 bridgehead atoms. The Kier molecular flexibility index (Phi) is 5.83. The van der Waals surface area contributed by atoms with Crippen LogP contribution in [-0.4, -0.2) is 12.9 Å². The topological polar surface area (TPSA) is 35.5 Å². The summed E-state index contributed by atoms with van der Waals surface area (Å²) in [6.07, 6.45) is 1.64. The Bertz CT molecular complexity index is 778. The number of benzene rings is 3. The molecule has 0 spiro atoms. The SMILES string of the molecule is O=Cc1ccc(OCCc2ccc(OCc3ccccc3)cc2)cc1. The van der Waals surface area contributed by atoms with Crippen molar-refractivity contribution < 1.29 is 14.3 Å². The van der Waals surface area contributed by atoms with Crippen LogP contribution in [0, 0.1) is 0 Å². The molecule has 25 heavy (non-hydrogen) atoms. The zero-order valence-electron chi connectivity index (χ0n) is 13.9. The van der Waals surface area contributed by atoms with Crippen LogP contribution < -0.4 is 9.47 Å². The highest BCUT2D eigenvalue weighted by Crippen LogP contribution is 2.16. The summed E-state index contributed by atoms with van der Waals surface area (Å²) in [6.45, 7) is 1.16. The third-order valence-corrected chi connectivity index (χ3v) is 3.85. The molecule has 3 heteroatoms. The number of rotatable bonds is 8. The van der Waals surface area contributed by atoms with E-state index in [1.54, 1.807) is 12.1 Å². The van der Waals surface area contributed by atoms with Crippen LogP contribution in [0.3, 0.4) is 0 Å². The summed E-state index contributed by atoms with van der Waals surface area (Å²) in [5.74, 6) is 1.63. The fraction of sp³-hybridized carbons (Fsp3) is 0.136. The normalized spacial score (nSPS) is 10.2. The minimum Gasteiger partial charge on any atom is -0.493 e. The van der Waals surface area contributed by atoms with Crippen molar-refractivity contribution >= 4 is 6.29 Å². The lowest BCUT2D eigenvalue weighted by molar-refractivity contribution is 0.112. The smallest absolute Gasteiger partial charge is 0.150 e. The molecule has 126 valence electrons. The minimum atomic E-state index is 0.570. The second-order valence-electron chi connectivity index (χ2n) is 5.70. The van der Waals surface area contributed by atoms with Crippen molar-refractivity contribution in [2.24, 2.45) is 0 Å². The van der Waals surface area contributed by atoms with Crippen molar-refractivity contribution in [2.45, 2.75) is 13.0 Å². The molecular weight excluding hydrogens is 312 g/mol. The molecule has 0 heterocycles. The van der Waals surface area contributed by atoms with Crippen molar-refractivity contribution in [1.29, 1.82) is 0 Å². The molecule has 3 aromatic carbocycles. The van der Waals surface area contributed by atoms with E-state index in [0.29, 0.717) is 18.8 Å². The summed E-state index contributed by atoms with van der Waals surface area (Å²) in [5, 5.41) is 0. The predicted octanol–water partition coefficient (Wildman–Crippen LogP) is 4.70. The molecule has 3 aromatic rings. The average molecular weight is 332 g/mol. The molecule has 3 rings (SSSR count). The summed E-state index contributed by atoms with van der Waals surface area (Å²) in [4.78, 5) is 10.6. The number of carbonyl (C=O) groups excluding carboxylic acids is 1. The van der Waals surface area contributed by atoms with Gasteiger partial charge in [-0.2, -0.15) is 0 Å². The molecule has 0 unspecified atom stereocenters. The zero-order chi connectivity index (χ0) is 17.3. The fourth-order valence-electron chi connectivity index (χ4n) is 2.42. The van der Waals surface area contributed by atoms with Crippen LogP contribution >= 0.6 is 0 Å². The number of aldehydes is 1. The monoisotopic (exact) mass is 332 g/mol. The maximum Gasteiger partial charge on any atom is 0.150 e. The predicted molar refractivity (Wildman–Crippen MR) is 98.2 cm³/mol. The Balaban J connectivity index is 1.44. The Morgan fingerprint density at radius 1 is 0.680 bits per heavy atom. The lowest BCUT2D eigenvalue weighted by atomic mass is 10.1. The standard InChI is InChI=1S/C22H20O3/c23-16-19-8-12-21(13-9-19)24-15-14-18-6-10-22(11-7-18)25-17-20-4-2-1-3-5-20/h1-13,16H,14-15,17H2. The van der Waals surface area contributed by atoms with Crippen LogP contribution in [0.1, 0.15) is 21.5 Å². The van der Waals surface area contributed by atoms with Gasteiger partial charge < -0.3 is 9.47 Å². The highest BCUT2D eigenvalue weighted by atomic mass is 16.5. The van der Waals surface area contributed by atoms with Gasteiger partial charge in [0.1, 0.15) is 24.4 Å². The first-order chi connectivity index (χ1) is 12.3. The van der Waals surface area contributed by atoms with Gasteiger partial charge in [0.15, 0.2) is 0 Å². The number of hydrogen-bond acceptors (Lipinski definition) is 3. The number of ether oxygens (including phenoxy) is 2. The van der Waals surface area contributed by atoms with Crippen molar-refractivity contribution in [3.8, 4) is 11.5 Å². The first-order valence-corrected chi connectivity index (χ1v) is 8.27. The minimum absolute atomic E-state index is 0.570. The van der Waals surface area contributed by atoms with Crippen LogP contribution in [-0.2, 0) is 13.0 Å². The van der Waals surface area contributed by atoms with Crippen molar-refractivity contribution in [3.63, 3.8) is 0 Å². The Morgan fingerprint density at radius 3 is 2.00 bits per heavy atom. The van der Waals surface area contributed by atoms with Gasteiger partial charge in [0.25, 0.3) is 0 Å². The van der Waals surface area contributed by atoms with Gasteiger partial charge in [0.05, 0.1) is 6.61 Å². The molecule has 0 atom stereocenters. The number of hydrogen-bond donors (Lipinski definition) is 0. The van der Waals surface area contributed by atoms with E-state index >= 15 is 0 Å².